The minimum Gasteiger partial charge on any atom is -0.507 e. The monoisotopic (exact) mass is 587 g/mol. The summed E-state index contributed by atoms with van der Waals surface area (Å²) < 4.78 is 17.2. The zero-order chi connectivity index (χ0) is 30.7. The van der Waals surface area contributed by atoms with Crippen LogP contribution in [0, 0.1) is 0 Å². The normalized spacial score (nSPS) is 28.3. The maximum Gasteiger partial charge on any atom is 0.402 e. The lowest BCUT2D eigenvalue weighted by molar-refractivity contribution is -0.347. The number of carbonyl (C=O) groups excluding carboxylic acids is 4. The molecule has 42 heavy (non-hydrogen) atoms. The van der Waals surface area contributed by atoms with Crippen molar-refractivity contribution in [1.29, 1.82) is 0 Å². The summed E-state index contributed by atoms with van der Waals surface area (Å²) in [6, 6.07) is 6.20. The van der Waals surface area contributed by atoms with E-state index in [1.807, 2.05) is 0 Å². The van der Waals surface area contributed by atoms with E-state index in [1.54, 1.807) is 0 Å². The largest absolute Gasteiger partial charge is 0.507 e. The van der Waals surface area contributed by atoms with Gasteiger partial charge in [0.15, 0.2) is 17.3 Å². The van der Waals surface area contributed by atoms with Crippen LogP contribution in [0.2, 0.25) is 0 Å². The molecule has 0 bridgehead atoms. The number of ketones is 4. The van der Waals surface area contributed by atoms with Crippen molar-refractivity contribution in [2.45, 2.75) is 42.5 Å². The molecule has 2 aromatic carbocycles. The van der Waals surface area contributed by atoms with Crippen LogP contribution < -0.4 is 4.74 Å². The average molecular weight is 587 g/mol. The van der Waals surface area contributed by atoms with Crippen LogP contribution in [0.5, 0.6) is 28.7 Å². The molecule has 15 nitrogen and oxygen atoms in total. The molecule has 0 radical (unpaired) electrons. The summed E-state index contributed by atoms with van der Waals surface area (Å²) in [5.74, 6) is -12.6. The molecule has 2 fully saturated rings. The SMILES string of the molecule is O=C1CC(=O)C2(Oc3cc4c(O)cc(O)cc4[o+]c3-c3ccc(O)c(O)c3)O[C@H](CO)[C@@H](O)[C@H](O)[C@]2(O)C(=O)CC1=O. The quantitative estimate of drug-likeness (QED) is 0.0803. The van der Waals surface area contributed by atoms with Gasteiger partial charge in [0.2, 0.25) is 28.7 Å². The molecule has 2 heterocycles. The minimum absolute atomic E-state index is 0.0871. The number of aliphatic hydroxyl groups is 4. The van der Waals surface area contributed by atoms with Gasteiger partial charge in [0, 0.05) is 18.2 Å². The molecule has 5 atom stereocenters. The fraction of sp³-hybridized carbons (Fsp3) is 0.296. The molecule has 0 amide bonds. The number of phenols is 4. The second kappa shape index (κ2) is 10.0. The number of benzene rings is 2. The second-order valence-corrected chi connectivity index (χ2v) is 9.83. The van der Waals surface area contributed by atoms with Crippen molar-refractivity contribution in [3.8, 4) is 40.1 Å². The van der Waals surface area contributed by atoms with Gasteiger partial charge in [0.1, 0.15) is 35.2 Å². The summed E-state index contributed by atoms with van der Waals surface area (Å²) in [6.07, 6.45) is -9.29. The highest BCUT2D eigenvalue weighted by Crippen LogP contribution is 2.47. The Kier molecular flexibility index (Phi) is 6.87. The van der Waals surface area contributed by atoms with Crippen molar-refractivity contribution < 1.29 is 73.9 Å². The van der Waals surface area contributed by atoms with E-state index in [4.69, 9.17) is 13.9 Å². The molecular weight excluding hydrogens is 564 g/mol. The lowest BCUT2D eigenvalue weighted by atomic mass is 9.71. The molecule has 220 valence electrons. The van der Waals surface area contributed by atoms with Crippen molar-refractivity contribution in [3.63, 3.8) is 0 Å². The summed E-state index contributed by atoms with van der Waals surface area (Å²) >= 11 is 0. The van der Waals surface area contributed by atoms with Gasteiger partial charge in [-0.3, -0.25) is 19.2 Å². The van der Waals surface area contributed by atoms with Crippen LogP contribution in [-0.4, -0.2) is 100 Å². The van der Waals surface area contributed by atoms with Crippen molar-refractivity contribution in [2.75, 3.05) is 6.61 Å². The highest BCUT2D eigenvalue weighted by atomic mass is 16.7. The number of aromatic hydroxyl groups is 4. The number of ether oxygens (including phenoxy) is 2. The van der Waals surface area contributed by atoms with E-state index in [0.717, 1.165) is 30.3 Å². The molecule has 1 aromatic heterocycles. The molecular formula is C27H23O15+. The van der Waals surface area contributed by atoms with Crippen LogP contribution in [0.3, 0.4) is 0 Å². The predicted octanol–water partition coefficient (Wildman–Crippen LogP) is -0.807. The van der Waals surface area contributed by atoms with Crippen molar-refractivity contribution in [3.05, 3.63) is 36.4 Å². The van der Waals surface area contributed by atoms with E-state index in [9.17, 15) is 60.0 Å². The van der Waals surface area contributed by atoms with E-state index >= 15 is 0 Å². The molecule has 1 aliphatic heterocycles. The lowest BCUT2D eigenvalue weighted by Gasteiger charge is -2.52. The van der Waals surface area contributed by atoms with Gasteiger partial charge in [-0.15, -0.1) is 0 Å². The van der Waals surface area contributed by atoms with Gasteiger partial charge < -0.3 is 50.3 Å². The molecule has 3 aromatic rings. The Morgan fingerprint density at radius 1 is 0.881 bits per heavy atom. The van der Waals surface area contributed by atoms with E-state index in [2.05, 4.69) is 0 Å². The summed E-state index contributed by atoms with van der Waals surface area (Å²) in [7, 11) is 0. The van der Waals surface area contributed by atoms with Crippen molar-refractivity contribution in [1.82, 2.24) is 0 Å². The Labute approximate surface area is 234 Å². The van der Waals surface area contributed by atoms with Crippen LogP contribution in [0.15, 0.2) is 40.8 Å². The lowest BCUT2D eigenvalue weighted by Crippen LogP contribution is -2.81. The fourth-order valence-electron chi connectivity index (χ4n) is 4.97. The summed E-state index contributed by atoms with van der Waals surface area (Å²) in [5, 5.41) is 83.1. The van der Waals surface area contributed by atoms with Crippen LogP contribution in [0.1, 0.15) is 12.8 Å². The zero-order valence-electron chi connectivity index (χ0n) is 21.3. The summed E-state index contributed by atoms with van der Waals surface area (Å²) in [6.45, 7) is -1.09. The van der Waals surface area contributed by atoms with Gasteiger partial charge >= 0.3 is 17.1 Å². The Bertz CT molecular complexity index is 1660. The Hall–Kier alpha value is -4.67. The zero-order valence-corrected chi connectivity index (χ0v) is 21.3. The number of rotatable bonds is 4. The number of fused-ring (bicyclic) bond motifs is 2. The first-order chi connectivity index (χ1) is 19.7. The van der Waals surface area contributed by atoms with Gasteiger partial charge in [-0.2, -0.15) is 0 Å². The van der Waals surface area contributed by atoms with Gasteiger partial charge in [0.25, 0.3) is 0 Å². The number of Topliss-reactive ketones (excluding diaryl/α,β-unsaturated/α-hetero) is 4. The molecule has 1 saturated heterocycles. The van der Waals surface area contributed by atoms with Crippen LogP contribution in [0.25, 0.3) is 22.3 Å². The molecule has 1 unspecified atom stereocenters. The van der Waals surface area contributed by atoms with E-state index in [-0.39, 0.29) is 16.5 Å². The Morgan fingerprint density at radius 2 is 1.55 bits per heavy atom. The first-order valence-electron chi connectivity index (χ1n) is 12.3. The third-order valence-corrected chi connectivity index (χ3v) is 7.18. The molecule has 0 spiro atoms. The van der Waals surface area contributed by atoms with E-state index in [0.29, 0.717) is 0 Å². The molecule has 15 heteroatoms. The highest BCUT2D eigenvalue weighted by molar-refractivity contribution is 6.44. The maximum atomic E-state index is 13.7. The highest BCUT2D eigenvalue weighted by Gasteiger charge is 2.74. The van der Waals surface area contributed by atoms with Gasteiger partial charge in [-0.05, 0) is 12.1 Å². The van der Waals surface area contributed by atoms with Crippen LogP contribution in [-0.2, 0) is 23.9 Å². The number of aliphatic hydroxyl groups excluding tert-OH is 3. The van der Waals surface area contributed by atoms with Crippen LogP contribution >= 0.6 is 0 Å². The maximum absolute atomic E-state index is 13.7. The second-order valence-electron chi connectivity index (χ2n) is 9.83. The fourth-order valence-corrected chi connectivity index (χ4v) is 4.97. The van der Waals surface area contributed by atoms with E-state index < -0.39 is 107 Å². The predicted molar refractivity (Wildman–Crippen MR) is 134 cm³/mol. The Morgan fingerprint density at radius 3 is 2.19 bits per heavy atom. The number of hydrogen-bond donors (Lipinski definition) is 8. The van der Waals surface area contributed by atoms with Crippen molar-refractivity contribution >= 4 is 34.1 Å². The summed E-state index contributed by atoms with van der Waals surface area (Å²) in [4.78, 5) is 51.6. The smallest absolute Gasteiger partial charge is 0.402 e. The molecule has 1 saturated carbocycles. The molecule has 2 aliphatic rings. The third kappa shape index (κ3) is 4.22. The van der Waals surface area contributed by atoms with Crippen molar-refractivity contribution in [2.24, 2.45) is 0 Å². The average Bonchev–Trinajstić information content (AvgIpc) is 2.94. The number of phenolic OH excluding ortho intramolecular Hbond substituents is 4. The molecule has 1 aliphatic carbocycles. The summed E-state index contributed by atoms with van der Waals surface area (Å²) in [5.41, 5.74) is -3.83. The number of hydrogen-bond acceptors (Lipinski definition) is 14. The molecule has 5 rings (SSSR count). The molecule has 8 N–H and O–H groups in total. The first-order valence-corrected chi connectivity index (χ1v) is 12.3. The standard InChI is InChI=1S/C27H22O15/c28-9-20-23(37)25(38)26(39)21(35)7-16(33)17(34)8-22(36)27(26,42-20)41-19-6-12-14(31)4-11(29)5-18(12)40-24(19)10-1-2-13(30)15(32)3-10/h1-6,20,23,25,28,37-39H,7-9H2,(H3-,29,30,31,32,33,34)/p+1/t20-,23-,25+,26-,27?/m1/s1. The van der Waals surface area contributed by atoms with Gasteiger partial charge in [-0.25, -0.2) is 4.42 Å². The van der Waals surface area contributed by atoms with Gasteiger partial charge in [0.05, 0.1) is 31.1 Å². The van der Waals surface area contributed by atoms with E-state index in [1.165, 1.54) is 6.07 Å². The minimum atomic E-state index is -3.55. The topological polar surface area (TPSA) is 260 Å². The number of carbonyl (C=O) groups is 4. The Balaban J connectivity index is 1.82. The van der Waals surface area contributed by atoms with Gasteiger partial charge in [-0.1, -0.05) is 0 Å². The van der Waals surface area contributed by atoms with Crippen LogP contribution in [0.4, 0.5) is 0 Å². The first kappa shape index (κ1) is 28.8. The third-order valence-electron chi connectivity index (χ3n) is 7.18.